The van der Waals surface area contributed by atoms with Crippen LogP contribution in [0, 0.1) is 6.92 Å². The maximum Gasteiger partial charge on any atom is 0.183 e. The molecule has 4 aromatic heterocycles. The molecule has 4 heterocycles. The third kappa shape index (κ3) is 2.72. The molecule has 0 aliphatic heterocycles. The van der Waals surface area contributed by atoms with Gasteiger partial charge in [-0.15, -0.1) is 10.2 Å². The monoisotopic (exact) mass is 364 g/mol. The van der Waals surface area contributed by atoms with E-state index in [2.05, 4.69) is 31.3 Å². The number of benzene rings is 1. The molecule has 6 nitrogen and oxygen atoms in total. The highest BCUT2D eigenvalue weighted by molar-refractivity contribution is 5.98. The van der Waals surface area contributed by atoms with Crippen LogP contribution >= 0.6 is 0 Å². The molecule has 0 radical (unpaired) electrons. The molecule has 0 unspecified atom stereocenters. The highest BCUT2D eigenvalue weighted by atomic mass is 15.3. The number of hydrogen-bond donors (Lipinski definition) is 0. The summed E-state index contributed by atoms with van der Waals surface area (Å²) in [6.45, 7) is 1.98. The van der Waals surface area contributed by atoms with Crippen LogP contribution in [0.4, 0.5) is 0 Å². The Morgan fingerprint density at radius 2 is 1.61 bits per heavy atom. The molecule has 5 rings (SSSR count). The standard InChI is InChI=1S/C22H16N6/c1-15-17(9-6-12-23-15)21-18-7-2-3-8-19(18)22(27-26-21)28-14-16(13-25-28)20-10-4-5-11-24-20/h2-14H,1H3. The first kappa shape index (κ1) is 16.3. The van der Waals surface area contributed by atoms with Crippen LogP contribution in [0.5, 0.6) is 0 Å². The van der Waals surface area contributed by atoms with Gasteiger partial charge in [0, 0.05) is 46.2 Å². The van der Waals surface area contributed by atoms with Gasteiger partial charge in [-0.3, -0.25) is 9.97 Å². The Morgan fingerprint density at radius 1 is 0.786 bits per heavy atom. The van der Waals surface area contributed by atoms with Crippen molar-refractivity contribution in [2.24, 2.45) is 0 Å². The summed E-state index contributed by atoms with van der Waals surface area (Å²) in [6, 6.07) is 17.8. The fourth-order valence-electron chi connectivity index (χ4n) is 3.30. The van der Waals surface area contributed by atoms with Crippen molar-refractivity contribution in [3.8, 4) is 28.3 Å². The Kier molecular flexibility index (Phi) is 3.87. The number of nitrogens with zero attached hydrogens (tertiary/aromatic N) is 6. The van der Waals surface area contributed by atoms with Crippen molar-refractivity contribution in [1.82, 2.24) is 29.9 Å². The number of pyridine rings is 2. The Hall–Kier alpha value is -3.93. The summed E-state index contributed by atoms with van der Waals surface area (Å²) in [5.41, 5.74) is 4.52. The zero-order chi connectivity index (χ0) is 18.9. The van der Waals surface area contributed by atoms with E-state index >= 15 is 0 Å². The van der Waals surface area contributed by atoms with E-state index in [4.69, 9.17) is 0 Å². The van der Waals surface area contributed by atoms with Crippen LogP contribution < -0.4 is 0 Å². The molecule has 0 fully saturated rings. The molecule has 0 saturated carbocycles. The maximum absolute atomic E-state index is 4.53. The van der Waals surface area contributed by atoms with Gasteiger partial charge in [0.1, 0.15) is 5.69 Å². The van der Waals surface area contributed by atoms with Crippen LogP contribution in [0.3, 0.4) is 0 Å². The molecule has 0 atom stereocenters. The molecule has 5 aromatic rings. The van der Waals surface area contributed by atoms with Crippen molar-refractivity contribution in [1.29, 1.82) is 0 Å². The quantitative estimate of drug-likeness (QED) is 0.479. The molecule has 134 valence electrons. The number of rotatable bonds is 3. The minimum Gasteiger partial charge on any atom is -0.261 e. The number of hydrogen-bond acceptors (Lipinski definition) is 5. The molecule has 0 spiro atoms. The van der Waals surface area contributed by atoms with E-state index in [9.17, 15) is 0 Å². The fourth-order valence-corrected chi connectivity index (χ4v) is 3.30. The first-order valence-corrected chi connectivity index (χ1v) is 8.95. The largest absolute Gasteiger partial charge is 0.261 e. The predicted octanol–water partition coefficient (Wildman–Crippen LogP) is 4.25. The lowest BCUT2D eigenvalue weighted by Gasteiger charge is -2.10. The van der Waals surface area contributed by atoms with E-state index in [0.29, 0.717) is 5.82 Å². The van der Waals surface area contributed by atoms with Crippen LogP contribution in [0.25, 0.3) is 39.1 Å². The van der Waals surface area contributed by atoms with Gasteiger partial charge in [0.15, 0.2) is 5.82 Å². The molecule has 6 heteroatoms. The molecule has 0 bridgehead atoms. The van der Waals surface area contributed by atoms with Gasteiger partial charge < -0.3 is 0 Å². The Balaban J connectivity index is 1.68. The van der Waals surface area contributed by atoms with Crippen LogP contribution in [-0.2, 0) is 0 Å². The Bertz CT molecular complexity index is 1280. The smallest absolute Gasteiger partial charge is 0.183 e. The molecule has 1 aromatic carbocycles. The topological polar surface area (TPSA) is 69.4 Å². The first-order valence-electron chi connectivity index (χ1n) is 8.95. The lowest BCUT2D eigenvalue weighted by molar-refractivity contribution is 0.827. The summed E-state index contributed by atoms with van der Waals surface area (Å²) in [4.78, 5) is 8.77. The average Bonchev–Trinajstić information content (AvgIpc) is 3.24. The van der Waals surface area contributed by atoms with Crippen LogP contribution in [-0.4, -0.2) is 29.9 Å². The van der Waals surface area contributed by atoms with Gasteiger partial charge in [0.2, 0.25) is 0 Å². The minimum absolute atomic E-state index is 0.683. The summed E-state index contributed by atoms with van der Waals surface area (Å²) in [5.74, 6) is 0.683. The summed E-state index contributed by atoms with van der Waals surface area (Å²) in [7, 11) is 0. The maximum atomic E-state index is 4.53. The van der Waals surface area contributed by atoms with Crippen LogP contribution in [0.1, 0.15) is 5.69 Å². The fraction of sp³-hybridized carbons (Fsp3) is 0.0455. The number of aryl methyl sites for hydroxylation is 1. The van der Waals surface area contributed by atoms with Gasteiger partial charge >= 0.3 is 0 Å². The van der Waals surface area contributed by atoms with Crippen LogP contribution in [0.2, 0.25) is 0 Å². The number of fused-ring (bicyclic) bond motifs is 1. The van der Waals surface area contributed by atoms with E-state index in [1.54, 1.807) is 23.3 Å². The van der Waals surface area contributed by atoms with E-state index in [1.165, 1.54) is 0 Å². The summed E-state index contributed by atoms with van der Waals surface area (Å²) >= 11 is 0. The normalized spacial score (nSPS) is 11.0. The lowest BCUT2D eigenvalue weighted by atomic mass is 10.0. The molecular formula is C22H16N6. The molecule has 0 saturated heterocycles. The molecule has 0 amide bonds. The van der Waals surface area contributed by atoms with Crippen molar-refractivity contribution < 1.29 is 0 Å². The summed E-state index contributed by atoms with van der Waals surface area (Å²) < 4.78 is 1.75. The molecule has 0 aliphatic rings. The van der Waals surface area contributed by atoms with Gasteiger partial charge in [0.25, 0.3) is 0 Å². The second-order valence-electron chi connectivity index (χ2n) is 6.44. The van der Waals surface area contributed by atoms with Gasteiger partial charge in [-0.2, -0.15) is 5.10 Å². The molecule has 28 heavy (non-hydrogen) atoms. The Morgan fingerprint density at radius 3 is 2.43 bits per heavy atom. The second-order valence-corrected chi connectivity index (χ2v) is 6.44. The van der Waals surface area contributed by atoms with Crippen molar-refractivity contribution in [3.05, 3.63) is 85.1 Å². The van der Waals surface area contributed by atoms with Crippen molar-refractivity contribution >= 4 is 10.8 Å². The molecule has 0 aliphatic carbocycles. The van der Waals surface area contributed by atoms with E-state index in [0.717, 1.165) is 39.0 Å². The average molecular weight is 364 g/mol. The van der Waals surface area contributed by atoms with E-state index in [1.807, 2.05) is 61.7 Å². The molecular weight excluding hydrogens is 348 g/mol. The van der Waals surface area contributed by atoms with Crippen LogP contribution in [0.15, 0.2) is 79.4 Å². The van der Waals surface area contributed by atoms with Gasteiger partial charge in [0.05, 0.1) is 11.9 Å². The highest BCUT2D eigenvalue weighted by Gasteiger charge is 2.15. The van der Waals surface area contributed by atoms with Crippen molar-refractivity contribution in [2.75, 3.05) is 0 Å². The highest BCUT2D eigenvalue weighted by Crippen LogP contribution is 2.30. The zero-order valence-electron chi connectivity index (χ0n) is 15.2. The van der Waals surface area contributed by atoms with Crippen molar-refractivity contribution in [3.63, 3.8) is 0 Å². The van der Waals surface area contributed by atoms with Gasteiger partial charge in [-0.1, -0.05) is 30.3 Å². The van der Waals surface area contributed by atoms with Gasteiger partial charge in [-0.25, -0.2) is 4.68 Å². The molecule has 0 N–H and O–H groups in total. The zero-order valence-corrected chi connectivity index (χ0v) is 15.2. The van der Waals surface area contributed by atoms with Crippen molar-refractivity contribution in [2.45, 2.75) is 6.92 Å². The first-order chi connectivity index (χ1) is 13.8. The summed E-state index contributed by atoms with van der Waals surface area (Å²) in [6.07, 6.45) is 7.27. The van der Waals surface area contributed by atoms with E-state index < -0.39 is 0 Å². The lowest BCUT2D eigenvalue weighted by Crippen LogP contribution is -2.03. The summed E-state index contributed by atoms with van der Waals surface area (Å²) in [5, 5.41) is 15.5. The SMILES string of the molecule is Cc1ncccc1-c1nnc(-n2cc(-c3ccccn3)cn2)c2ccccc12. The predicted molar refractivity (Wildman–Crippen MR) is 108 cm³/mol. The number of aromatic nitrogens is 6. The van der Waals surface area contributed by atoms with Gasteiger partial charge in [-0.05, 0) is 31.2 Å². The third-order valence-electron chi connectivity index (χ3n) is 4.69. The second kappa shape index (κ2) is 6.66. The van der Waals surface area contributed by atoms with E-state index in [-0.39, 0.29) is 0 Å². The third-order valence-corrected chi connectivity index (χ3v) is 4.69. The minimum atomic E-state index is 0.683. The Labute approximate surface area is 161 Å².